The number of hydrogen-bond donors (Lipinski definition) is 1. The molecule has 21 heavy (non-hydrogen) atoms. The van der Waals surface area contributed by atoms with Gasteiger partial charge in [-0.05, 0) is 43.5 Å². The molecular weight excluding hydrogens is 262 g/mol. The van der Waals surface area contributed by atoms with Gasteiger partial charge in [-0.3, -0.25) is 0 Å². The van der Waals surface area contributed by atoms with E-state index in [-0.39, 0.29) is 6.04 Å². The number of nitrogens with one attached hydrogen (secondary N) is 1. The molecule has 4 heteroatoms. The first-order chi connectivity index (χ1) is 9.99. The molecule has 1 heterocycles. The van der Waals surface area contributed by atoms with Crippen LogP contribution in [0, 0.1) is 6.92 Å². The summed E-state index contributed by atoms with van der Waals surface area (Å²) in [4.78, 5) is 9.05. The lowest BCUT2D eigenvalue weighted by Gasteiger charge is -2.16. The van der Waals surface area contributed by atoms with Crippen molar-refractivity contribution >= 4 is 5.95 Å². The number of hydrogen-bond acceptors (Lipinski definition) is 4. The van der Waals surface area contributed by atoms with E-state index in [1.165, 1.54) is 5.56 Å². The fourth-order valence-electron chi connectivity index (χ4n) is 2.12. The molecule has 1 N–H and O–H groups in total. The van der Waals surface area contributed by atoms with Crippen molar-refractivity contribution < 1.29 is 4.74 Å². The highest BCUT2D eigenvalue weighted by atomic mass is 16.5. The highest BCUT2D eigenvalue weighted by Gasteiger charge is 2.10. The molecule has 0 saturated carbocycles. The van der Waals surface area contributed by atoms with Gasteiger partial charge >= 0.3 is 0 Å². The molecule has 0 radical (unpaired) electrons. The molecule has 112 valence electrons. The normalized spacial score (nSPS) is 12.3. The summed E-state index contributed by atoms with van der Waals surface area (Å²) in [6.07, 6.45) is 0. The highest BCUT2D eigenvalue weighted by Crippen LogP contribution is 2.21. The third-order valence-corrected chi connectivity index (χ3v) is 3.43. The summed E-state index contributed by atoms with van der Waals surface area (Å²) >= 11 is 0. The standard InChI is InChI=1S/C17H23N3O/c1-11(2)16-10-12(3)18-17(20-16)19-13(4)14-6-8-15(21-5)9-7-14/h6-11,13H,1-5H3,(H,18,19,20). The SMILES string of the molecule is COc1ccc(C(C)Nc2nc(C)cc(C(C)C)n2)cc1. The second-order valence-corrected chi connectivity index (χ2v) is 5.55. The number of ether oxygens (including phenoxy) is 1. The summed E-state index contributed by atoms with van der Waals surface area (Å²) in [7, 11) is 1.67. The maximum Gasteiger partial charge on any atom is 0.223 e. The van der Waals surface area contributed by atoms with Crippen LogP contribution in [0.1, 0.15) is 49.7 Å². The fraction of sp³-hybridized carbons (Fsp3) is 0.412. The van der Waals surface area contributed by atoms with Crippen LogP contribution in [0.15, 0.2) is 30.3 Å². The van der Waals surface area contributed by atoms with Crippen molar-refractivity contribution in [2.45, 2.75) is 39.7 Å². The number of anilines is 1. The molecule has 0 aliphatic rings. The van der Waals surface area contributed by atoms with Crippen molar-refractivity contribution in [1.29, 1.82) is 0 Å². The minimum Gasteiger partial charge on any atom is -0.497 e. The van der Waals surface area contributed by atoms with Crippen LogP contribution < -0.4 is 10.1 Å². The Bertz CT molecular complexity index is 593. The average molecular weight is 285 g/mol. The summed E-state index contributed by atoms with van der Waals surface area (Å²) in [6, 6.07) is 10.2. The first-order valence-electron chi connectivity index (χ1n) is 7.25. The first kappa shape index (κ1) is 15.3. The van der Waals surface area contributed by atoms with Gasteiger partial charge in [-0.15, -0.1) is 0 Å². The fourth-order valence-corrected chi connectivity index (χ4v) is 2.12. The lowest BCUT2D eigenvalue weighted by atomic mass is 10.1. The minimum atomic E-state index is 0.137. The van der Waals surface area contributed by atoms with E-state index in [9.17, 15) is 0 Å². The largest absolute Gasteiger partial charge is 0.497 e. The molecule has 2 rings (SSSR count). The molecule has 1 aromatic heterocycles. The Labute approximate surface area is 126 Å². The molecule has 0 saturated heterocycles. The van der Waals surface area contributed by atoms with Crippen molar-refractivity contribution in [2.75, 3.05) is 12.4 Å². The molecule has 0 aliphatic heterocycles. The Balaban J connectivity index is 2.16. The van der Waals surface area contributed by atoms with Gasteiger partial charge in [-0.25, -0.2) is 9.97 Å². The zero-order chi connectivity index (χ0) is 15.4. The van der Waals surface area contributed by atoms with Crippen LogP contribution in [0.3, 0.4) is 0 Å². The lowest BCUT2D eigenvalue weighted by molar-refractivity contribution is 0.414. The molecule has 0 fully saturated rings. The molecule has 0 spiro atoms. The van der Waals surface area contributed by atoms with Gasteiger partial charge in [0, 0.05) is 11.4 Å². The molecule has 1 atom stereocenters. The van der Waals surface area contributed by atoms with Crippen LogP contribution in [-0.4, -0.2) is 17.1 Å². The Hall–Kier alpha value is -2.10. The molecule has 0 aliphatic carbocycles. The Morgan fingerprint density at radius 1 is 1.05 bits per heavy atom. The molecule has 2 aromatic rings. The quantitative estimate of drug-likeness (QED) is 0.898. The predicted octanol–water partition coefficient (Wildman–Crippen LogP) is 4.09. The monoisotopic (exact) mass is 285 g/mol. The van der Waals surface area contributed by atoms with Crippen LogP contribution in [0.4, 0.5) is 5.95 Å². The van der Waals surface area contributed by atoms with Gasteiger partial charge in [0.15, 0.2) is 0 Å². The zero-order valence-corrected chi connectivity index (χ0v) is 13.3. The summed E-state index contributed by atoms with van der Waals surface area (Å²) in [6.45, 7) is 8.37. The number of methoxy groups -OCH3 is 1. The van der Waals surface area contributed by atoms with Crippen LogP contribution in [0.25, 0.3) is 0 Å². The number of aromatic nitrogens is 2. The molecule has 0 bridgehead atoms. The van der Waals surface area contributed by atoms with E-state index >= 15 is 0 Å². The Morgan fingerprint density at radius 3 is 2.29 bits per heavy atom. The summed E-state index contributed by atoms with van der Waals surface area (Å²) in [5, 5.41) is 3.37. The van der Waals surface area contributed by atoms with Gasteiger partial charge in [0.2, 0.25) is 5.95 Å². The van der Waals surface area contributed by atoms with Crippen LogP contribution in [-0.2, 0) is 0 Å². The predicted molar refractivity (Wildman–Crippen MR) is 85.9 cm³/mol. The van der Waals surface area contributed by atoms with Crippen molar-refractivity contribution in [2.24, 2.45) is 0 Å². The average Bonchev–Trinajstić information content (AvgIpc) is 2.46. The maximum atomic E-state index is 5.18. The number of nitrogens with zero attached hydrogens (tertiary/aromatic N) is 2. The van der Waals surface area contributed by atoms with E-state index < -0.39 is 0 Å². The topological polar surface area (TPSA) is 47.0 Å². The number of aryl methyl sites for hydroxylation is 1. The Morgan fingerprint density at radius 2 is 1.71 bits per heavy atom. The first-order valence-corrected chi connectivity index (χ1v) is 7.25. The number of benzene rings is 1. The van der Waals surface area contributed by atoms with Gasteiger partial charge in [0.25, 0.3) is 0 Å². The van der Waals surface area contributed by atoms with E-state index in [1.54, 1.807) is 7.11 Å². The van der Waals surface area contributed by atoms with E-state index in [4.69, 9.17) is 4.74 Å². The zero-order valence-electron chi connectivity index (χ0n) is 13.3. The summed E-state index contributed by atoms with van der Waals surface area (Å²) in [5.74, 6) is 1.94. The van der Waals surface area contributed by atoms with Crippen molar-refractivity contribution in [1.82, 2.24) is 9.97 Å². The highest BCUT2D eigenvalue weighted by molar-refractivity contribution is 5.36. The van der Waals surface area contributed by atoms with Gasteiger partial charge in [0.1, 0.15) is 5.75 Å². The van der Waals surface area contributed by atoms with Crippen molar-refractivity contribution in [3.63, 3.8) is 0 Å². The second kappa shape index (κ2) is 6.57. The van der Waals surface area contributed by atoms with Crippen molar-refractivity contribution in [3.8, 4) is 5.75 Å². The van der Waals surface area contributed by atoms with Gasteiger partial charge < -0.3 is 10.1 Å². The molecule has 0 amide bonds. The van der Waals surface area contributed by atoms with Crippen molar-refractivity contribution in [3.05, 3.63) is 47.3 Å². The van der Waals surface area contributed by atoms with E-state index in [1.807, 2.05) is 25.1 Å². The van der Waals surface area contributed by atoms with Crippen LogP contribution >= 0.6 is 0 Å². The second-order valence-electron chi connectivity index (χ2n) is 5.55. The van der Waals surface area contributed by atoms with Gasteiger partial charge in [0.05, 0.1) is 13.2 Å². The maximum absolute atomic E-state index is 5.18. The molecule has 1 aromatic carbocycles. The van der Waals surface area contributed by atoms with E-state index in [0.29, 0.717) is 11.9 Å². The molecular formula is C17H23N3O. The van der Waals surface area contributed by atoms with E-state index in [2.05, 4.69) is 48.2 Å². The Kier molecular flexibility index (Phi) is 4.78. The van der Waals surface area contributed by atoms with Gasteiger partial charge in [-0.2, -0.15) is 0 Å². The van der Waals surface area contributed by atoms with Crippen LogP contribution in [0.2, 0.25) is 0 Å². The van der Waals surface area contributed by atoms with E-state index in [0.717, 1.165) is 17.1 Å². The molecule has 4 nitrogen and oxygen atoms in total. The summed E-state index contributed by atoms with van der Waals surface area (Å²) < 4.78 is 5.18. The third kappa shape index (κ3) is 3.94. The van der Waals surface area contributed by atoms with Crippen LogP contribution in [0.5, 0.6) is 5.75 Å². The minimum absolute atomic E-state index is 0.137. The third-order valence-electron chi connectivity index (χ3n) is 3.43. The summed E-state index contributed by atoms with van der Waals surface area (Å²) in [5.41, 5.74) is 3.22. The van der Waals surface area contributed by atoms with Gasteiger partial charge in [-0.1, -0.05) is 26.0 Å². The smallest absolute Gasteiger partial charge is 0.223 e. The molecule has 1 unspecified atom stereocenters. The number of rotatable bonds is 5. The lowest BCUT2D eigenvalue weighted by Crippen LogP contribution is -2.11.